The Hall–Kier alpha value is -1.35. The van der Waals surface area contributed by atoms with Gasteiger partial charge in [0.15, 0.2) is 0 Å². The first kappa shape index (κ1) is 14.1. The van der Waals surface area contributed by atoms with Crippen LogP contribution in [0.2, 0.25) is 5.02 Å². The Morgan fingerprint density at radius 1 is 1.47 bits per heavy atom. The third-order valence-electron chi connectivity index (χ3n) is 2.43. The van der Waals surface area contributed by atoms with E-state index in [4.69, 9.17) is 16.9 Å². The second kappa shape index (κ2) is 5.74. The molecule has 96 valence electrons. The Bertz CT molecular complexity index is 671. The summed E-state index contributed by atoms with van der Waals surface area (Å²) in [4.78, 5) is 12.6. The number of amides is 1. The van der Waals surface area contributed by atoms with E-state index in [-0.39, 0.29) is 5.91 Å². The molecule has 0 fully saturated rings. The van der Waals surface area contributed by atoms with Crippen molar-refractivity contribution in [1.29, 1.82) is 5.26 Å². The topological polar surface area (TPSA) is 52.9 Å². The van der Waals surface area contributed by atoms with E-state index >= 15 is 0 Å². The van der Waals surface area contributed by atoms with Crippen LogP contribution in [0, 0.1) is 18.3 Å². The molecule has 0 atom stereocenters. The molecular weight excluding hydrogens is 348 g/mol. The zero-order chi connectivity index (χ0) is 14.0. The van der Waals surface area contributed by atoms with Crippen LogP contribution < -0.4 is 5.32 Å². The van der Waals surface area contributed by atoms with E-state index in [2.05, 4.69) is 21.2 Å². The van der Waals surface area contributed by atoms with Gasteiger partial charge < -0.3 is 5.32 Å². The summed E-state index contributed by atoms with van der Waals surface area (Å²) < 4.78 is 0.940. The quantitative estimate of drug-likeness (QED) is 0.856. The number of rotatable bonds is 2. The van der Waals surface area contributed by atoms with Crippen LogP contribution in [0.15, 0.2) is 28.1 Å². The lowest BCUT2D eigenvalue weighted by Crippen LogP contribution is -2.10. The van der Waals surface area contributed by atoms with Gasteiger partial charge in [0.1, 0.15) is 6.07 Å². The number of anilines is 1. The third kappa shape index (κ3) is 3.16. The molecule has 1 amide bonds. The molecule has 0 unspecified atom stereocenters. The molecule has 2 aromatic rings. The molecule has 0 aliphatic carbocycles. The van der Waals surface area contributed by atoms with E-state index in [1.165, 1.54) is 11.3 Å². The molecule has 2 rings (SSSR count). The number of aryl methyl sites for hydroxylation is 1. The molecule has 0 aliphatic rings. The summed E-state index contributed by atoms with van der Waals surface area (Å²) in [6.07, 6.45) is 0. The van der Waals surface area contributed by atoms with Crippen LogP contribution in [0.4, 0.5) is 5.69 Å². The fraction of sp³-hybridized carbons (Fsp3) is 0.0769. The minimum atomic E-state index is -0.195. The molecule has 0 spiro atoms. The lowest BCUT2D eigenvalue weighted by Gasteiger charge is -2.04. The van der Waals surface area contributed by atoms with Gasteiger partial charge >= 0.3 is 0 Å². The number of halogens is 2. The number of benzene rings is 1. The standard InChI is InChI=1S/C13H8BrClN2OS/c1-7-4-11(19-12(7)14)13(18)17-9-3-2-8(6-16)10(15)5-9/h2-5H,1H3,(H,17,18). The van der Waals surface area contributed by atoms with Gasteiger partial charge in [0.2, 0.25) is 0 Å². The Morgan fingerprint density at radius 2 is 2.21 bits per heavy atom. The fourth-order valence-electron chi connectivity index (χ4n) is 1.45. The highest BCUT2D eigenvalue weighted by Gasteiger charge is 2.12. The van der Waals surface area contributed by atoms with Crippen molar-refractivity contribution >= 4 is 50.5 Å². The van der Waals surface area contributed by atoms with Crippen LogP contribution in [0.25, 0.3) is 0 Å². The van der Waals surface area contributed by atoms with E-state index in [1.807, 2.05) is 19.1 Å². The third-order valence-corrected chi connectivity index (χ3v) is 4.88. The Kier molecular flexibility index (Phi) is 4.25. The molecule has 0 radical (unpaired) electrons. The van der Waals surface area contributed by atoms with Crippen molar-refractivity contribution in [3.05, 3.63) is 49.1 Å². The lowest BCUT2D eigenvalue weighted by atomic mass is 10.2. The molecule has 1 N–H and O–H groups in total. The summed E-state index contributed by atoms with van der Waals surface area (Å²) in [6, 6.07) is 8.57. The summed E-state index contributed by atoms with van der Waals surface area (Å²) in [6.45, 7) is 1.93. The number of carbonyl (C=O) groups is 1. The Balaban J connectivity index is 2.20. The van der Waals surface area contributed by atoms with Gasteiger partial charge in [0.05, 0.1) is 19.2 Å². The molecule has 1 aromatic heterocycles. The van der Waals surface area contributed by atoms with Gasteiger partial charge in [-0.15, -0.1) is 11.3 Å². The maximum absolute atomic E-state index is 12.0. The van der Waals surface area contributed by atoms with Crippen molar-refractivity contribution in [1.82, 2.24) is 0 Å². The molecule has 0 saturated carbocycles. The highest BCUT2D eigenvalue weighted by Crippen LogP contribution is 2.28. The number of nitrogens with zero attached hydrogens (tertiary/aromatic N) is 1. The molecule has 3 nitrogen and oxygen atoms in total. The van der Waals surface area contributed by atoms with Crippen LogP contribution in [0.5, 0.6) is 0 Å². The van der Waals surface area contributed by atoms with Crippen molar-refractivity contribution in [2.75, 3.05) is 5.32 Å². The monoisotopic (exact) mass is 354 g/mol. The smallest absolute Gasteiger partial charge is 0.265 e. The van der Waals surface area contributed by atoms with Gasteiger partial charge in [-0.1, -0.05) is 11.6 Å². The zero-order valence-corrected chi connectivity index (χ0v) is 13.0. The first-order chi connectivity index (χ1) is 9.01. The van der Waals surface area contributed by atoms with E-state index in [0.717, 1.165) is 9.35 Å². The van der Waals surface area contributed by atoms with Gasteiger partial charge in [-0.05, 0) is 52.7 Å². The van der Waals surface area contributed by atoms with E-state index in [0.29, 0.717) is 21.2 Å². The lowest BCUT2D eigenvalue weighted by molar-refractivity contribution is 0.103. The van der Waals surface area contributed by atoms with Crippen LogP contribution in [-0.4, -0.2) is 5.91 Å². The van der Waals surface area contributed by atoms with E-state index in [1.54, 1.807) is 18.2 Å². The molecule has 6 heteroatoms. The molecule has 1 heterocycles. The Labute approximate surface area is 127 Å². The maximum Gasteiger partial charge on any atom is 0.265 e. The minimum Gasteiger partial charge on any atom is -0.321 e. The number of nitrogens with one attached hydrogen (secondary N) is 1. The predicted molar refractivity (Wildman–Crippen MR) is 80.9 cm³/mol. The Morgan fingerprint density at radius 3 is 2.74 bits per heavy atom. The molecule has 0 saturated heterocycles. The van der Waals surface area contributed by atoms with Gasteiger partial charge in [-0.25, -0.2) is 0 Å². The molecule has 19 heavy (non-hydrogen) atoms. The number of carbonyl (C=O) groups excluding carboxylic acids is 1. The van der Waals surface area contributed by atoms with Crippen molar-refractivity contribution in [3.8, 4) is 6.07 Å². The van der Waals surface area contributed by atoms with Gasteiger partial charge in [0, 0.05) is 5.69 Å². The first-order valence-corrected chi connectivity index (χ1v) is 7.27. The van der Waals surface area contributed by atoms with Gasteiger partial charge in [-0.2, -0.15) is 5.26 Å². The summed E-state index contributed by atoms with van der Waals surface area (Å²) in [5.74, 6) is -0.195. The molecule has 0 aliphatic heterocycles. The minimum absolute atomic E-state index is 0.195. The number of nitriles is 1. The maximum atomic E-state index is 12.0. The van der Waals surface area contributed by atoms with E-state index < -0.39 is 0 Å². The average Bonchev–Trinajstić information content (AvgIpc) is 2.70. The van der Waals surface area contributed by atoms with Crippen molar-refractivity contribution in [2.45, 2.75) is 6.92 Å². The summed E-state index contributed by atoms with van der Waals surface area (Å²) in [5.41, 5.74) is 1.97. The SMILES string of the molecule is Cc1cc(C(=O)Nc2ccc(C#N)c(Cl)c2)sc1Br. The van der Waals surface area contributed by atoms with Crippen molar-refractivity contribution in [3.63, 3.8) is 0 Å². The van der Waals surface area contributed by atoms with Crippen LogP contribution >= 0.6 is 38.9 Å². The molecule has 0 bridgehead atoms. The zero-order valence-electron chi connectivity index (χ0n) is 9.83. The summed E-state index contributed by atoms with van der Waals surface area (Å²) >= 11 is 10.7. The number of thiophene rings is 1. The molecular formula is C13H8BrClN2OS. The second-order valence-electron chi connectivity index (χ2n) is 3.83. The molecule has 1 aromatic carbocycles. The summed E-state index contributed by atoms with van der Waals surface area (Å²) in [7, 11) is 0. The van der Waals surface area contributed by atoms with Crippen LogP contribution in [0.1, 0.15) is 20.8 Å². The normalized spacial score (nSPS) is 10.0. The van der Waals surface area contributed by atoms with E-state index in [9.17, 15) is 4.79 Å². The highest BCUT2D eigenvalue weighted by molar-refractivity contribution is 9.11. The number of hydrogen-bond donors (Lipinski definition) is 1. The predicted octanol–water partition coefficient (Wildman–Crippen LogP) is 4.60. The highest BCUT2D eigenvalue weighted by atomic mass is 79.9. The first-order valence-electron chi connectivity index (χ1n) is 5.28. The van der Waals surface area contributed by atoms with Crippen LogP contribution in [-0.2, 0) is 0 Å². The van der Waals surface area contributed by atoms with Gasteiger partial charge in [0.25, 0.3) is 5.91 Å². The largest absolute Gasteiger partial charge is 0.321 e. The second-order valence-corrected chi connectivity index (χ2v) is 6.61. The average molecular weight is 356 g/mol. The van der Waals surface area contributed by atoms with Gasteiger partial charge in [-0.3, -0.25) is 4.79 Å². The van der Waals surface area contributed by atoms with Crippen LogP contribution in [0.3, 0.4) is 0 Å². The van der Waals surface area contributed by atoms with Crippen molar-refractivity contribution < 1.29 is 4.79 Å². The number of hydrogen-bond acceptors (Lipinski definition) is 3. The fourth-order valence-corrected chi connectivity index (χ4v) is 3.10. The van der Waals surface area contributed by atoms with Crippen molar-refractivity contribution in [2.24, 2.45) is 0 Å². The summed E-state index contributed by atoms with van der Waals surface area (Å²) in [5, 5.41) is 11.8.